The molecule has 0 aliphatic carbocycles. The van der Waals surface area contributed by atoms with Crippen LogP contribution in [0.1, 0.15) is 19.4 Å². The van der Waals surface area contributed by atoms with Gasteiger partial charge in [0.05, 0.1) is 5.56 Å². The molecule has 1 aromatic carbocycles. The molecule has 0 aliphatic heterocycles. The van der Waals surface area contributed by atoms with Crippen molar-refractivity contribution in [2.75, 3.05) is 20.7 Å². The average molecular weight is 314 g/mol. The maximum absolute atomic E-state index is 7.59. The fourth-order valence-corrected chi connectivity index (χ4v) is 1.83. The minimum absolute atomic E-state index is 0.000124. The highest BCUT2D eigenvalue weighted by Gasteiger charge is 2.22. The fraction of sp³-hybridized carbons (Fsp3) is 0.462. The zero-order chi connectivity index (χ0) is 13.9. The Morgan fingerprint density at radius 3 is 2.56 bits per heavy atom. The Morgan fingerprint density at radius 1 is 1.44 bits per heavy atom. The molecule has 0 heterocycles. The predicted octanol–water partition coefficient (Wildman–Crippen LogP) is 2.45. The van der Waals surface area contributed by atoms with E-state index in [2.05, 4.69) is 34.7 Å². The van der Waals surface area contributed by atoms with Crippen molar-refractivity contribution in [2.24, 2.45) is 5.73 Å². The van der Waals surface area contributed by atoms with E-state index in [4.69, 9.17) is 15.9 Å². The van der Waals surface area contributed by atoms with Crippen LogP contribution in [0, 0.1) is 5.41 Å². The van der Waals surface area contributed by atoms with E-state index in [0.717, 1.165) is 4.47 Å². The van der Waals surface area contributed by atoms with E-state index in [0.29, 0.717) is 17.9 Å². The SMILES string of the molecule is CN(C)C(C)(C)COc1cccc(Br)c1C(=N)N. The van der Waals surface area contributed by atoms with Crippen LogP contribution in [-0.2, 0) is 0 Å². The average Bonchev–Trinajstić information content (AvgIpc) is 2.25. The van der Waals surface area contributed by atoms with Gasteiger partial charge in [-0.05, 0) is 56.0 Å². The van der Waals surface area contributed by atoms with Crippen molar-refractivity contribution in [3.8, 4) is 5.75 Å². The first kappa shape index (κ1) is 15.0. The van der Waals surface area contributed by atoms with Crippen LogP contribution in [-0.4, -0.2) is 37.0 Å². The lowest BCUT2D eigenvalue weighted by Crippen LogP contribution is -2.43. The van der Waals surface area contributed by atoms with Crippen LogP contribution in [0.25, 0.3) is 0 Å². The van der Waals surface area contributed by atoms with Gasteiger partial charge in [0, 0.05) is 10.0 Å². The van der Waals surface area contributed by atoms with Crippen molar-refractivity contribution in [2.45, 2.75) is 19.4 Å². The Hall–Kier alpha value is -1.07. The summed E-state index contributed by atoms with van der Waals surface area (Å²) in [4.78, 5) is 2.10. The second-order valence-electron chi connectivity index (χ2n) is 5.02. The molecule has 3 N–H and O–H groups in total. The van der Waals surface area contributed by atoms with Crippen LogP contribution in [0.3, 0.4) is 0 Å². The Bertz CT molecular complexity index is 444. The van der Waals surface area contributed by atoms with E-state index in [1.54, 1.807) is 0 Å². The van der Waals surface area contributed by atoms with Gasteiger partial charge in [0.25, 0.3) is 0 Å². The molecule has 0 saturated carbocycles. The zero-order valence-electron chi connectivity index (χ0n) is 11.2. The summed E-state index contributed by atoms with van der Waals surface area (Å²) in [6.45, 7) is 4.72. The largest absolute Gasteiger partial charge is 0.491 e. The summed E-state index contributed by atoms with van der Waals surface area (Å²) in [5.74, 6) is 0.631. The number of hydrogen-bond acceptors (Lipinski definition) is 3. The van der Waals surface area contributed by atoms with Crippen molar-refractivity contribution >= 4 is 21.8 Å². The minimum atomic E-state index is -0.0869. The van der Waals surface area contributed by atoms with Crippen molar-refractivity contribution in [1.29, 1.82) is 5.41 Å². The highest BCUT2D eigenvalue weighted by Crippen LogP contribution is 2.27. The Labute approximate surface area is 117 Å². The van der Waals surface area contributed by atoms with Crippen LogP contribution in [0.2, 0.25) is 0 Å². The van der Waals surface area contributed by atoms with Crippen LogP contribution in [0.15, 0.2) is 22.7 Å². The Balaban J connectivity index is 2.92. The van der Waals surface area contributed by atoms with E-state index in [1.807, 2.05) is 32.3 Å². The van der Waals surface area contributed by atoms with E-state index < -0.39 is 0 Å². The zero-order valence-corrected chi connectivity index (χ0v) is 12.8. The number of nitrogens with one attached hydrogen (secondary N) is 1. The molecule has 0 amide bonds. The molecule has 0 fully saturated rings. The number of rotatable bonds is 5. The van der Waals surface area contributed by atoms with Crippen LogP contribution in [0.5, 0.6) is 5.75 Å². The summed E-state index contributed by atoms with van der Waals surface area (Å²) in [6, 6.07) is 5.54. The highest BCUT2D eigenvalue weighted by molar-refractivity contribution is 9.10. The summed E-state index contributed by atoms with van der Waals surface area (Å²) in [5, 5.41) is 7.59. The van der Waals surface area contributed by atoms with E-state index in [9.17, 15) is 0 Å². The van der Waals surface area contributed by atoms with Crippen molar-refractivity contribution in [3.63, 3.8) is 0 Å². The molecule has 1 aromatic rings. The molecule has 0 spiro atoms. The molecule has 4 nitrogen and oxygen atoms in total. The molecule has 0 atom stereocenters. The number of nitrogen functional groups attached to an aromatic ring is 1. The third-order valence-corrected chi connectivity index (χ3v) is 3.70. The molecule has 0 unspecified atom stereocenters. The third kappa shape index (κ3) is 3.46. The fourth-order valence-electron chi connectivity index (χ4n) is 1.27. The maximum Gasteiger partial charge on any atom is 0.131 e. The monoisotopic (exact) mass is 313 g/mol. The molecule has 0 aromatic heterocycles. The second-order valence-corrected chi connectivity index (χ2v) is 5.88. The van der Waals surface area contributed by atoms with Crippen LogP contribution < -0.4 is 10.5 Å². The van der Waals surface area contributed by atoms with Gasteiger partial charge in [0.2, 0.25) is 0 Å². The van der Waals surface area contributed by atoms with Gasteiger partial charge in [-0.15, -0.1) is 0 Å². The van der Waals surface area contributed by atoms with Crippen LogP contribution in [0.4, 0.5) is 0 Å². The van der Waals surface area contributed by atoms with Gasteiger partial charge < -0.3 is 15.4 Å². The molecule has 0 saturated heterocycles. The number of nitrogens with two attached hydrogens (primary N) is 1. The number of benzene rings is 1. The Kier molecular flexibility index (Phi) is 4.76. The van der Waals surface area contributed by atoms with Crippen LogP contribution >= 0.6 is 15.9 Å². The van der Waals surface area contributed by atoms with Crippen molar-refractivity contribution in [1.82, 2.24) is 4.90 Å². The standard InChI is InChI=1S/C13H20BrN3O/c1-13(2,17(3)4)8-18-10-7-5-6-9(14)11(10)12(15)16/h5-7H,8H2,1-4H3,(H3,15,16). The molecule has 0 radical (unpaired) electrons. The normalized spacial score (nSPS) is 11.7. The van der Waals surface area contributed by atoms with E-state index in [1.165, 1.54) is 0 Å². The summed E-state index contributed by atoms with van der Waals surface area (Å²) >= 11 is 3.39. The summed E-state index contributed by atoms with van der Waals surface area (Å²) in [7, 11) is 4.02. The first-order valence-corrected chi connectivity index (χ1v) is 6.48. The molecular formula is C13H20BrN3O. The second kappa shape index (κ2) is 5.71. The Morgan fingerprint density at radius 2 is 2.06 bits per heavy atom. The van der Waals surface area contributed by atoms with Gasteiger partial charge in [-0.1, -0.05) is 6.07 Å². The molecule has 0 aliphatic rings. The number of likely N-dealkylation sites (N-methyl/N-ethyl adjacent to an activating group) is 1. The summed E-state index contributed by atoms with van der Waals surface area (Å²) in [6.07, 6.45) is 0. The summed E-state index contributed by atoms with van der Waals surface area (Å²) < 4.78 is 6.59. The number of nitrogens with zero attached hydrogens (tertiary/aromatic N) is 1. The quantitative estimate of drug-likeness (QED) is 0.648. The molecule has 18 heavy (non-hydrogen) atoms. The van der Waals surface area contributed by atoms with Crippen molar-refractivity contribution in [3.05, 3.63) is 28.2 Å². The molecule has 100 valence electrons. The lowest BCUT2D eigenvalue weighted by atomic mass is 10.1. The van der Waals surface area contributed by atoms with Gasteiger partial charge in [0.1, 0.15) is 18.2 Å². The molecule has 5 heteroatoms. The van der Waals surface area contributed by atoms with Crippen molar-refractivity contribution < 1.29 is 4.74 Å². The number of halogens is 1. The van der Waals surface area contributed by atoms with Gasteiger partial charge in [-0.2, -0.15) is 0 Å². The van der Waals surface area contributed by atoms with Gasteiger partial charge in [0.15, 0.2) is 0 Å². The van der Waals surface area contributed by atoms with Gasteiger partial charge in [-0.25, -0.2) is 0 Å². The summed E-state index contributed by atoms with van der Waals surface area (Å²) in [5.41, 5.74) is 6.09. The topological polar surface area (TPSA) is 62.3 Å². The van der Waals surface area contributed by atoms with E-state index >= 15 is 0 Å². The van der Waals surface area contributed by atoms with E-state index in [-0.39, 0.29) is 11.4 Å². The molecular weight excluding hydrogens is 294 g/mol. The first-order chi connectivity index (χ1) is 8.25. The number of hydrogen-bond donors (Lipinski definition) is 2. The lowest BCUT2D eigenvalue weighted by molar-refractivity contribution is 0.114. The smallest absolute Gasteiger partial charge is 0.131 e. The maximum atomic E-state index is 7.59. The molecule has 0 bridgehead atoms. The highest BCUT2D eigenvalue weighted by atomic mass is 79.9. The first-order valence-electron chi connectivity index (χ1n) is 5.69. The van der Waals surface area contributed by atoms with Gasteiger partial charge in [-0.3, -0.25) is 5.41 Å². The number of amidine groups is 1. The van der Waals surface area contributed by atoms with Gasteiger partial charge >= 0.3 is 0 Å². The lowest BCUT2D eigenvalue weighted by Gasteiger charge is -2.32. The number of ether oxygens (including phenoxy) is 1. The third-order valence-electron chi connectivity index (χ3n) is 3.04. The molecule has 1 rings (SSSR count). The minimum Gasteiger partial charge on any atom is -0.491 e. The predicted molar refractivity (Wildman–Crippen MR) is 78.4 cm³/mol.